The number of allylic oxidation sites excluding steroid dienone is 3. The van der Waals surface area contributed by atoms with E-state index in [2.05, 4.69) is 4.99 Å². The Morgan fingerprint density at radius 3 is 2.25 bits per heavy atom. The maximum Gasteiger partial charge on any atom is 0.338 e. The van der Waals surface area contributed by atoms with E-state index in [1.165, 1.54) is 14.0 Å². The van der Waals surface area contributed by atoms with Crippen LogP contribution < -0.4 is 0 Å². The lowest BCUT2D eigenvalue weighted by atomic mass is 10.00. The molecule has 0 aliphatic rings. The van der Waals surface area contributed by atoms with Crippen molar-refractivity contribution in [3.05, 3.63) is 53.1 Å². The Morgan fingerprint density at radius 2 is 1.71 bits per heavy atom. The number of carbonyl (C=O) groups excluding carboxylic acids is 3. The first-order valence-corrected chi connectivity index (χ1v) is 9.39. The second-order valence-electron chi connectivity index (χ2n) is 6.56. The minimum Gasteiger partial charge on any atom is -0.465 e. The monoisotopic (exact) mass is 383 g/mol. The molecule has 1 aromatic carbocycles. The Labute approximate surface area is 167 Å². The Hall–Kier alpha value is -2.82. The molecule has 0 aliphatic carbocycles. The number of Topliss-reactive ketones (excluding diaryl/α,β-unsaturated/α-hetero) is 2. The van der Waals surface area contributed by atoms with Gasteiger partial charge in [-0.15, -0.1) is 0 Å². The standard InChI is InChI=1S/C23H29NO4/c1-17(25)8-6-5-7-9-22(23(27)28-4)20-13-10-19(11-14-20)12-15-21(16-24-3)18(2)26/h9-11,13-16H,5-8,12H2,1-4H3/b21-15+,22-9-,24-16?. The van der Waals surface area contributed by atoms with Crippen molar-refractivity contribution in [2.45, 2.75) is 46.0 Å². The van der Waals surface area contributed by atoms with Crippen LogP contribution >= 0.6 is 0 Å². The molecule has 0 spiro atoms. The number of unbranched alkanes of at least 4 members (excludes halogenated alkanes) is 2. The molecule has 150 valence electrons. The molecule has 28 heavy (non-hydrogen) atoms. The molecule has 0 fully saturated rings. The molecule has 0 unspecified atom stereocenters. The molecule has 0 aromatic heterocycles. The Morgan fingerprint density at radius 1 is 1.04 bits per heavy atom. The topological polar surface area (TPSA) is 72.8 Å². The van der Waals surface area contributed by atoms with Crippen molar-refractivity contribution >= 4 is 29.3 Å². The summed E-state index contributed by atoms with van der Waals surface area (Å²) in [6.07, 6.45) is 8.79. The van der Waals surface area contributed by atoms with Gasteiger partial charge in [-0.1, -0.05) is 36.4 Å². The van der Waals surface area contributed by atoms with E-state index >= 15 is 0 Å². The molecule has 0 radical (unpaired) electrons. The van der Waals surface area contributed by atoms with E-state index in [1.807, 2.05) is 36.4 Å². The summed E-state index contributed by atoms with van der Waals surface area (Å²) in [5.41, 5.74) is 2.91. The van der Waals surface area contributed by atoms with Crippen LogP contribution in [0.1, 0.15) is 50.7 Å². The van der Waals surface area contributed by atoms with Crippen molar-refractivity contribution in [2.75, 3.05) is 14.2 Å². The van der Waals surface area contributed by atoms with Gasteiger partial charge >= 0.3 is 5.97 Å². The highest BCUT2D eigenvalue weighted by Crippen LogP contribution is 2.19. The van der Waals surface area contributed by atoms with E-state index in [0.717, 1.165) is 24.0 Å². The maximum absolute atomic E-state index is 12.1. The van der Waals surface area contributed by atoms with Crippen molar-refractivity contribution in [1.82, 2.24) is 0 Å². The van der Waals surface area contributed by atoms with Gasteiger partial charge in [-0.3, -0.25) is 9.79 Å². The van der Waals surface area contributed by atoms with Crippen molar-refractivity contribution < 1.29 is 19.1 Å². The van der Waals surface area contributed by atoms with Crippen molar-refractivity contribution in [3.63, 3.8) is 0 Å². The van der Waals surface area contributed by atoms with Gasteiger partial charge in [0.05, 0.1) is 12.7 Å². The van der Waals surface area contributed by atoms with E-state index in [0.29, 0.717) is 30.4 Å². The Kier molecular flexibility index (Phi) is 10.4. The average molecular weight is 383 g/mol. The number of hydrogen-bond acceptors (Lipinski definition) is 5. The van der Waals surface area contributed by atoms with Crippen LogP contribution in [-0.2, 0) is 25.5 Å². The summed E-state index contributed by atoms with van der Waals surface area (Å²) in [7, 11) is 3.00. The molecule has 0 aliphatic heterocycles. The second-order valence-corrected chi connectivity index (χ2v) is 6.56. The number of rotatable bonds is 11. The number of benzene rings is 1. The normalized spacial score (nSPS) is 12.3. The quantitative estimate of drug-likeness (QED) is 0.249. The molecule has 0 N–H and O–H groups in total. The number of methoxy groups -OCH3 is 1. The molecular weight excluding hydrogens is 354 g/mol. The fourth-order valence-electron chi connectivity index (χ4n) is 2.67. The molecular formula is C23H29NO4. The summed E-state index contributed by atoms with van der Waals surface area (Å²) < 4.78 is 4.90. The summed E-state index contributed by atoms with van der Waals surface area (Å²) in [4.78, 5) is 38.6. The lowest BCUT2D eigenvalue weighted by Gasteiger charge is -2.07. The Balaban J connectivity index is 2.87. The molecule has 0 bridgehead atoms. The van der Waals surface area contributed by atoms with Crippen LogP contribution in [0.5, 0.6) is 0 Å². The van der Waals surface area contributed by atoms with Gasteiger partial charge in [0.1, 0.15) is 5.78 Å². The summed E-state index contributed by atoms with van der Waals surface area (Å²) in [5.74, 6) is -0.222. The minimum atomic E-state index is -0.378. The second kappa shape index (κ2) is 12.5. The van der Waals surface area contributed by atoms with Crippen LogP contribution in [-0.4, -0.2) is 37.9 Å². The van der Waals surface area contributed by atoms with E-state index < -0.39 is 0 Å². The van der Waals surface area contributed by atoms with Crippen molar-refractivity contribution in [1.29, 1.82) is 0 Å². The first-order valence-electron chi connectivity index (χ1n) is 9.39. The number of aliphatic imine (C=N–C) groups is 1. The minimum absolute atomic E-state index is 0.0251. The fourth-order valence-corrected chi connectivity index (χ4v) is 2.67. The molecule has 1 aromatic rings. The first-order chi connectivity index (χ1) is 13.4. The fraction of sp³-hybridized carbons (Fsp3) is 0.391. The van der Waals surface area contributed by atoms with Crippen LogP contribution in [0.3, 0.4) is 0 Å². The predicted molar refractivity (Wildman–Crippen MR) is 112 cm³/mol. The third-order valence-corrected chi connectivity index (χ3v) is 4.23. The average Bonchev–Trinajstić information content (AvgIpc) is 2.67. The lowest BCUT2D eigenvalue weighted by Crippen LogP contribution is -2.04. The highest BCUT2D eigenvalue weighted by atomic mass is 16.5. The number of carbonyl (C=O) groups is 3. The molecule has 0 amide bonds. The van der Waals surface area contributed by atoms with E-state index in [1.54, 1.807) is 20.2 Å². The van der Waals surface area contributed by atoms with Gasteiger partial charge in [-0.2, -0.15) is 0 Å². The SMILES string of the molecule is CN=C/C(=C\Cc1ccc(/C(=C/CCCCC(C)=O)C(=O)OC)cc1)C(C)=O. The highest BCUT2D eigenvalue weighted by molar-refractivity contribution is 6.16. The van der Waals surface area contributed by atoms with Crippen LogP contribution in [0.4, 0.5) is 0 Å². The van der Waals surface area contributed by atoms with Crippen molar-refractivity contribution in [3.8, 4) is 0 Å². The van der Waals surface area contributed by atoms with Crippen LogP contribution in [0.15, 0.2) is 47.0 Å². The number of ketones is 2. The van der Waals surface area contributed by atoms with E-state index in [9.17, 15) is 14.4 Å². The number of esters is 1. The lowest BCUT2D eigenvalue weighted by molar-refractivity contribution is -0.133. The van der Waals surface area contributed by atoms with Gasteiger partial charge in [0.15, 0.2) is 5.78 Å². The van der Waals surface area contributed by atoms with Gasteiger partial charge < -0.3 is 9.53 Å². The molecule has 5 nitrogen and oxygen atoms in total. The van der Waals surface area contributed by atoms with Crippen LogP contribution in [0, 0.1) is 0 Å². The zero-order chi connectivity index (χ0) is 20.9. The maximum atomic E-state index is 12.1. The molecule has 0 saturated carbocycles. The predicted octanol–water partition coefficient (Wildman–Crippen LogP) is 4.15. The summed E-state index contributed by atoms with van der Waals surface area (Å²) in [6.45, 7) is 3.10. The first kappa shape index (κ1) is 23.2. The van der Waals surface area contributed by atoms with Gasteiger partial charge in [0.2, 0.25) is 0 Å². The van der Waals surface area contributed by atoms with Crippen molar-refractivity contribution in [2.24, 2.45) is 4.99 Å². The van der Waals surface area contributed by atoms with Crippen LogP contribution in [0.2, 0.25) is 0 Å². The third kappa shape index (κ3) is 8.25. The van der Waals surface area contributed by atoms with Gasteiger partial charge in [0, 0.05) is 25.3 Å². The van der Waals surface area contributed by atoms with E-state index in [-0.39, 0.29) is 17.5 Å². The number of nitrogens with zero attached hydrogens (tertiary/aromatic N) is 1. The van der Waals surface area contributed by atoms with Gasteiger partial charge in [0.25, 0.3) is 0 Å². The van der Waals surface area contributed by atoms with E-state index in [4.69, 9.17) is 4.74 Å². The Bertz CT molecular complexity index is 770. The van der Waals surface area contributed by atoms with Gasteiger partial charge in [-0.25, -0.2) is 4.79 Å². The molecule has 0 atom stereocenters. The summed E-state index contributed by atoms with van der Waals surface area (Å²) in [5, 5.41) is 0. The smallest absolute Gasteiger partial charge is 0.338 e. The summed E-state index contributed by atoms with van der Waals surface area (Å²) >= 11 is 0. The zero-order valence-corrected chi connectivity index (χ0v) is 17.2. The summed E-state index contributed by atoms with van der Waals surface area (Å²) in [6, 6.07) is 7.62. The largest absolute Gasteiger partial charge is 0.465 e. The highest BCUT2D eigenvalue weighted by Gasteiger charge is 2.12. The molecule has 0 saturated heterocycles. The number of ether oxygens (including phenoxy) is 1. The molecule has 5 heteroatoms. The molecule has 1 rings (SSSR count). The zero-order valence-electron chi connectivity index (χ0n) is 17.2. The number of hydrogen-bond donors (Lipinski definition) is 0. The van der Waals surface area contributed by atoms with Crippen LogP contribution in [0.25, 0.3) is 5.57 Å². The third-order valence-electron chi connectivity index (χ3n) is 4.23. The molecule has 0 heterocycles. The van der Waals surface area contributed by atoms with Gasteiger partial charge in [-0.05, 0) is 50.7 Å².